The molecule has 0 saturated heterocycles. The van der Waals surface area contributed by atoms with Gasteiger partial charge in [0, 0.05) is 23.1 Å². The van der Waals surface area contributed by atoms with Crippen LogP contribution in [-0.4, -0.2) is 16.5 Å². The van der Waals surface area contributed by atoms with E-state index in [1.54, 1.807) is 0 Å². The number of azide groups is 1. The molecule has 0 aliphatic carbocycles. The molecule has 8 heteroatoms. The second-order valence-corrected chi connectivity index (χ2v) is 2.74. The Balaban J connectivity index is 2.94. The Morgan fingerprint density at radius 1 is 1.75 bits per heavy atom. The van der Waals surface area contributed by atoms with Crippen molar-refractivity contribution in [1.29, 1.82) is 0 Å². The summed E-state index contributed by atoms with van der Waals surface area (Å²) >= 11 is 0. The van der Waals surface area contributed by atoms with Gasteiger partial charge in [-0.2, -0.15) is 0 Å². The summed E-state index contributed by atoms with van der Waals surface area (Å²) in [5.41, 5.74) is 13.8. The summed E-state index contributed by atoms with van der Waals surface area (Å²) in [6, 6.07) is 1.30. The van der Waals surface area contributed by atoms with Gasteiger partial charge in [-0.15, -0.1) is 0 Å². The molecule has 16 heavy (non-hydrogen) atoms. The summed E-state index contributed by atoms with van der Waals surface area (Å²) in [4.78, 5) is 16.2. The van der Waals surface area contributed by atoms with Crippen LogP contribution in [0.25, 0.3) is 16.5 Å². The molecule has 0 amide bonds. The minimum absolute atomic E-state index is 0.141. The van der Waals surface area contributed by atoms with Gasteiger partial charge < -0.3 is 5.73 Å². The first kappa shape index (κ1) is 11.5. The van der Waals surface area contributed by atoms with Gasteiger partial charge in [0.15, 0.2) is 0 Å². The fourth-order valence-corrected chi connectivity index (χ4v) is 0.977. The summed E-state index contributed by atoms with van der Waals surface area (Å²) < 4.78 is 0. The molecular weight excluding hydrogens is 212 g/mol. The van der Waals surface area contributed by atoms with E-state index in [1.165, 1.54) is 18.2 Å². The van der Waals surface area contributed by atoms with E-state index in [0.717, 1.165) is 6.20 Å². The van der Waals surface area contributed by atoms with Crippen molar-refractivity contribution < 1.29 is 4.92 Å². The van der Waals surface area contributed by atoms with Crippen LogP contribution in [0.1, 0.15) is 5.56 Å². The number of nitrogens with zero attached hydrogens (tertiary/aromatic N) is 5. The average molecular weight is 220 g/mol. The first-order valence-corrected chi connectivity index (χ1v) is 4.22. The van der Waals surface area contributed by atoms with Gasteiger partial charge in [-0.25, -0.2) is 4.98 Å². The topological polar surface area (TPSA) is 131 Å². The van der Waals surface area contributed by atoms with Crippen molar-refractivity contribution in [2.45, 2.75) is 0 Å². The maximum atomic E-state index is 10.5. The summed E-state index contributed by atoms with van der Waals surface area (Å²) in [7, 11) is 0. The van der Waals surface area contributed by atoms with Crippen LogP contribution < -0.4 is 5.73 Å². The van der Waals surface area contributed by atoms with E-state index >= 15 is 0 Å². The zero-order valence-corrected chi connectivity index (χ0v) is 8.15. The number of hydrogen-bond donors (Lipinski definition) is 1. The van der Waals surface area contributed by atoms with Gasteiger partial charge in [0.25, 0.3) is 5.69 Å². The maximum Gasteiger partial charge on any atom is 0.288 e. The van der Waals surface area contributed by atoms with Crippen molar-refractivity contribution in [3.8, 4) is 0 Å². The van der Waals surface area contributed by atoms with Crippen LogP contribution in [0.3, 0.4) is 0 Å². The van der Waals surface area contributed by atoms with Crippen molar-refractivity contribution in [2.24, 2.45) is 5.11 Å². The molecule has 0 saturated carbocycles. The number of rotatable bonds is 4. The Kier molecular flexibility index (Phi) is 3.82. The van der Waals surface area contributed by atoms with Crippen molar-refractivity contribution >= 4 is 17.6 Å². The number of nitrogen functional groups attached to an aromatic ring is 1. The van der Waals surface area contributed by atoms with Crippen molar-refractivity contribution in [3.05, 3.63) is 44.5 Å². The molecule has 1 rings (SSSR count). The van der Waals surface area contributed by atoms with E-state index in [2.05, 4.69) is 15.0 Å². The number of hydrogen-bond acceptors (Lipinski definition) is 5. The predicted octanol–water partition coefficient (Wildman–Crippen LogP) is 1.90. The second-order valence-electron chi connectivity index (χ2n) is 2.74. The van der Waals surface area contributed by atoms with E-state index < -0.39 is 4.92 Å². The van der Waals surface area contributed by atoms with E-state index in [-0.39, 0.29) is 18.1 Å². The minimum atomic E-state index is -0.558. The van der Waals surface area contributed by atoms with Gasteiger partial charge in [-0.3, -0.25) is 10.1 Å². The lowest BCUT2D eigenvalue weighted by Crippen LogP contribution is -1.96. The summed E-state index contributed by atoms with van der Waals surface area (Å²) in [6.45, 7) is 0.151. The zero-order valence-electron chi connectivity index (χ0n) is 8.15. The molecule has 0 radical (unpaired) electrons. The highest BCUT2D eigenvalue weighted by molar-refractivity contribution is 5.63. The van der Waals surface area contributed by atoms with E-state index in [0.29, 0.717) is 5.56 Å². The molecular formula is C8H8N6O2. The van der Waals surface area contributed by atoms with Crippen LogP contribution in [0.2, 0.25) is 0 Å². The summed E-state index contributed by atoms with van der Waals surface area (Å²) in [5.74, 6) is 0.183. The van der Waals surface area contributed by atoms with Crippen molar-refractivity contribution in [3.63, 3.8) is 0 Å². The third-order valence-electron chi connectivity index (χ3n) is 1.69. The maximum absolute atomic E-state index is 10.5. The van der Waals surface area contributed by atoms with Gasteiger partial charge >= 0.3 is 0 Å². The molecule has 1 heterocycles. The van der Waals surface area contributed by atoms with E-state index in [4.69, 9.17) is 11.3 Å². The monoisotopic (exact) mass is 220 g/mol. The van der Waals surface area contributed by atoms with Crippen LogP contribution in [0.4, 0.5) is 11.5 Å². The molecule has 0 aliphatic heterocycles. The predicted molar refractivity (Wildman–Crippen MR) is 58.4 cm³/mol. The van der Waals surface area contributed by atoms with Crippen molar-refractivity contribution in [1.82, 2.24) is 4.98 Å². The number of pyridine rings is 1. The molecule has 82 valence electrons. The highest BCUT2D eigenvalue weighted by Crippen LogP contribution is 2.17. The Labute approximate surface area is 90.2 Å². The Hall–Kier alpha value is -2.60. The highest BCUT2D eigenvalue weighted by atomic mass is 16.6. The molecule has 0 unspecified atom stereocenters. The lowest BCUT2D eigenvalue weighted by atomic mass is 10.2. The lowest BCUT2D eigenvalue weighted by molar-refractivity contribution is -0.385. The molecule has 8 nitrogen and oxygen atoms in total. The first-order chi connectivity index (χ1) is 7.65. The molecule has 0 spiro atoms. The standard InChI is InChI=1S/C8H8N6O2/c9-8-6(2-1-3-12-13-10)4-7(5-11-8)14(15)16/h1-2,4-5H,3H2,(H2,9,11). The largest absolute Gasteiger partial charge is 0.383 e. The molecule has 0 aromatic carbocycles. The number of nitrogens with two attached hydrogens (primary N) is 1. The van der Waals surface area contributed by atoms with Gasteiger partial charge in [0.1, 0.15) is 12.0 Å². The molecule has 0 bridgehead atoms. The zero-order chi connectivity index (χ0) is 12.0. The van der Waals surface area contributed by atoms with Gasteiger partial charge in [0.05, 0.1) is 4.92 Å². The summed E-state index contributed by atoms with van der Waals surface area (Å²) in [5, 5.41) is 13.7. The third kappa shape index (κ3) is 2.96. The Morgan fingerprint density at radius 3 is 3.12 bits per heavy atom. The van der Waals surface area contributed by atoms with Gasteiger partial charge in [0.2, 0.25) is 0 Å². The van der Waals surface area contributed by atoms with Crippen LogP contribution >= 0.6 is 0 Å². The van der Waals surface area contributed by atoms with Crippen molar-refractivity contribution in [2.75, 3.05) is 12.3 Å². The fraction of sp³-hybridized carbons (Fsp3) is 0.125. The third-order valence-corrected chi connectivity index (χ3v) is 1.69. The van der Waals surface area contributed by atoms with Gasteiger partial charge in [-0.1, -0.05) is 17.3 Å². The number of aromatic nitrogens is 1. The molecule has 1 aromatic rings. The van der Waals surface area contributed by atoms with Crippen LogP contribution in [0.15, 0.2) is 23.5 Å². The molecule has 0 atom stereocenters. The van der Waals surface area contributed by atoms with E-state index in [1.807, 2.05) is 0 Å². The lowest BCUT2D eigenvalue weighted by Gasteiger charge is -1.98. The van der Waals surface area contributed by atoms with Gasteiger partial charge in [-0.05, 0) is 5.53 Å². The smallest absolute Gasteiger partial charge is 0.288 e. The Bertz CT molecular complexity index is 477. The number of anilines is 1. The molecule has 0 aliphatic rings. The first-order valence-electron chi connectivity index (χ1n) is 4.22. The SMILES string of the molecule is [N-]=[N+]=NCC=Cc1cc([N+](=O)[O-])cnc1N. The quantitative estimate of drug-likeness (QED) is 0.273. The molecule has 1 aromatic heterocycles. The average Bonchev–Trinajstić information content (AvgIpc) is 2.26. The van der Waals surface area contributed by atoms with Crippen LogP contribution in [-0.2, 0) is 0 Å². The molecule has 2 N–H and O–H groups in total. The van der Waals surface area contributed by atoms with E-state index in [9.17, 15) is 10.1 Å². The highest BCUT2D eigenvalue weighted by Gasteiger charge is 2.08. The van der Waals surface area contributed by atoms with Crippen LogP contribution in [0.5, 0.6) is 0 Å². The van der Waals surface area contributed by atoms with Crippen LogP contribution in [0, 0.1) is 10.1 Å². The number of nitro groups is 1. The Morgan fingerprint density at radius 2 is 2.50 bits per heavy atom. The fourth-order valence-electron chi connectivity index (χ4n) is 0.977. The minimum Gasteiger partial charge on any atom is -0.383 e. The second kappa shape index (κ2) is 5.32. The normalized spacial score (nSPS) is 10.0. The molecule has 0 fully saturated rings. The summed E-state index contributed by atoms with van der Waals surface area (Å²) in [6.07, 6.45) is 4.14.